The second-order valence-corrected chi connectivity index (χ2v) is 5.44. The molecule has 1 N–H and O–H groups in total. The molecular formula is C18H17NO3. The average Bonchev–Trinajstić information content (AvgIpc) is 2.76. The van der Waals surface area contributed by atoms with Gasteiger partial charge in [0.25, 0.3) is 0 Å². The Hall–Kier alpha value is -2.58. The van der Waals surface area contributed by atoms with Gasteiger partial charge in [0.2, 0.25) is 5.76 Å². The average molecular weight is 295 g/mol. The number of fused-ring (bicyclic) bond motifs is 1. The summed E-state index contributed by atoms with van der Waals surface area (Å²) in [5.74, 6) is 2.12. The molecule has 0 spiro atoms. The molecule has 2 heterocycles. The molecule has 22 heavy (non-hydrogen) atoms. The molecule has 2 aliphatic rings. The molecule has 0 saturated heterocycles. The van der Waals surface area contributed by atoms with Crippen molar-refractivity contribution >= 4 is 29.6 Å². The Bertz CT molecular complexity index is 737. The lowest BCUT2D eigenvalue weighted by atomic mass is 10.0. The maximum Gasteiger partial charge on any atom is 0.209 e. The first kappa shape index (κ1) is 14.4. The predicted octanol–water partition coefficient (Wildman–Crippen LogP) is 3.64. The van der Waals surface area contributed by atoms with Crippen LogP contribution in [-0.2, 0) is 9.53 Å². The van der Waals surface area contributed by atoms with Gasteiger partial charge in [-0.25, -0.2) is 9.78 Å². The summed E-state index contributed by atoms with van der Waals surface area (Å²) in [6.45, 7) is 2.71. The molecule has 1 aliphatic carbocycles. The molecule has 0 fully saturated rings. The number of nitrogens with zero attached hydrogens (tertiary/aromatic N) is 1. The van der Waals surface area contributed by atoms with Gasteiger partial charge in [0.05, 0.1) is 12.3 Å². The number of hydrogen-bond acceptors (Lipinski definition) is 4. The highest BCUT2D eigenvalue weighted by Gasteiger charge is 2.18. The summed E-state index contributed by atoms with van der Waals surface area (Å²) in [6.07, 6.45) is 11.7. The molecule has 0 radical (unpaired) electrons. The number of pyridine rings is 1. The van der Waals surface area contributed by atoms with Crippen molar-refractivity contribution in [1.82, 2.24) is 4.98 Å². The fourth-order valence-corrected chi connectivity index (χ4v) is 2.55. The Labute approximate surface area is 129 Å². The smallest absolute Gasteiger partial charge is 0.209 e. The minimum Gasteiger partial charge on any atom is -0.498 e. The van der Waals surface area contributed by atoms with Gasteiger partial charge in [-0.1, -0.05) is 25.2 Å². The first-order valence-corrected chi connectivity index (χ1v) is 7.38. The number of carbonyl (C=O) groups excluding carboxylic acids is 1. The first-order chi connectivity index (χ1) is 10.7. The molecule has 4 nitrogen and oxygen atoms in total. The van der Waals surface area contributed by atoms with E-state index in [4.69, 9.17) is 4.74 Å². The van der Waals surface area contributed by atoms with Crippen LogP contribution < -0.4 is 0 Å². The Morgan fingerprint density at radius 1 is 1.41 bits per heavy atom. The van der Waals surface area contributed by atoms with E-state index in [2.05, 4.69) is 11.9 Å². The summed E-state index contributed by atoms with van der Waals surface area (Å²) in [6, 6.07) is 1.68. The van der Waals surface area contributed by atoms with Gasteiger partial charge in [-0.05, 0) is 37.0 Å². The molecule has 4 heteroatoms. The van der Waals surface area contributed by atoms with Crippen molar-refractivity contribution in [3.63, 3.8) is 0 Å². The minimum atomic E-state index is -0.413. The molecule has 1 aliphatic heterocycles. The van der Waals surface area contributed by atoms with Gasteiger partial charge in [0.1, 0.15) is 11.5 Å². The minimum absolute atomic E-state index is 0.262. The lowest BCUT2D eigenvalue weighted by molar-refractivity contribution is 0.257. The number of rotatable bonds is 2. The zero-order valence-electron chi connectivity index (χ0n) is 12.4. The Morgan fingerprint density at radius 2 is 2.23 bits per heavy atom. The summed E-state index contributed by atoms with van der Waals surface area (Å²) in [7, 11) is 0. The SMILES string of the molecule is CC1C=Cc2nc(C3=CCCCO3)cc(C(O)=C=O)c2C=C1. The fraction of sp³-hybridized carbons (Fsp3) is 0.278. The summed E-state index contributed by atoms with van der Waals surface area (Å²) >= 11 is 0. The molecule has 0 aromatic carbocycles. The van der Waals surface area contributed by atoms with Gasteiger partial charge < -0.3 is 9.84 Å². The van der Waals surface area contributed by atoms with Crippen LogP contribution in [0.15, 0.2) is 24.3 Å². The summed E-state index contributed by atoms with van der Waals surface area (Å²) in [5, 5.41) is 9.91. The van der Waals surface area contributed by atoms with Gasteiger partial charge in [-0.2, -0.15) is 0 Å². The number of aliphatic hydroxyl groups is 1. The maximum atomic E-state index is 10.9. The number of hydrogen-bond donors (Lipinski definition) is 1. The zero-order chi connectivity index (χ0) is 15.5. The summed E-state index contributed by atoms with van der Waals surface area (Å²) in [4.78, 5) is 15.5. The van der Waals surface area contributed by atoms with E-state index >= 15 is 0 Å². The van der Waals surface area contributed by atoms with Crippen molar-refractivity contribution in [2.45, 2.75) is 19.8 Å². The fourth-order valence-electron chi connectivity index (χ4n) is 2.55. The quantitative estimate of drug-likeness (QED) is 0.668. The van der Waals surface area contributed by atoms with Gasteiger partial charge in [-0.15, -0.1) is 0 Å². The van der Waals surface area contributed by atoms with E-state index in [-0.39, 0.29) is 5.92 Å². The number of ether oxygens (including phenoxy) is 1. The molecular weight excluding hydrogens is 278 g/mol. The van der Waals surface area contributed by atoms with Crippen molar-refractivity contribution in [3.05, 3.63) is 46.8 Å². The van der Waals surface area contributed by atoms with Crippen molar-refractivity contribution < 1.29 is 14.6 Å². The number of aliphatic hydroxyl groups excluding tert-OH is 1. The molecule has 1 unspecified atom stereocenters. The third-order valence-electron chi connectivity index (χ3n) is 3.75. The highest BCUT2D eigenvalue weighted by atomic mass is 16.5. The van der Waals surface area contributed by atoms with Crippen molar-refractivity contribution in [2.24, 2.45) is 5.92 Å². The van der Waals surface area contributed by atoms with E-state index in [0.29, 0.717) is 29.3 Å². The molecule has 3 rings (SSSR count). The standard InChI is InChI=1S/C18H17NO3/c1-12-5-7-13-14(17(21)11-20)10-16(19-15(13)8-6-12)18-4-2-3-9-22-18/h4-8,10,12,21H,2-3,9H2,1H3. The third kappa shape index (κ3) is 2.74. The normalized spacial score (nSPS) is 19.5. The topological polar surface area (TPSA) is 59.4 Å². The predicted molar refractivity (Wildman–Crippen MR) is 86.4 cm³/mol. The Balaban J connectivity index is 2.20. The molecule has 0 amide bonds. The number of aromatic nitrogens is 1. The van der Waals surface area contributed by atoms with Crippen LogP contribution in [-0.4, -0.2) is 22.6 Å². The van der Waals surface area contributed by atoms with Crippen LogP contribution in [0.3, 0.4) is 0 Å². The van der Waals surface area contributed by atoms with Crippen molar-refractivity contribution in [2.75, 3.05) is 6.61 Å². The summed E-state index contributed by atoms with van der Waals surface area (Å²) < 4.78 is 5.64. The van der Waals surface area contributed by atoms with E-state index in [1.807, 2.05) is 30.4 Å². The molecule has 0 saturated carbocycles. The van der Waals surface area contributed by atoms with Crippen LogP contribution in [0.25, 0.3) is 23.7 Å². The van der Waals surface area contributed by atoms with Crippen LogP contribution >= 0.6 is 0 Å². The lowest BCUT2D eigenvalue weighted by Crippen LogP contribution is -2.05. The largest absolute Gasteiger partial charge is 0.498 e. The highest BCUT2D eigenvalue weighted by molar-refractivity contribution is 5.88. The molecule has 1 aromatic heterocycles. The van der Waals surface area contributed by atoms with Gasteiger partial charge in [0.15, 0.2) is 5.94 Å². The van der Waals surface area contributed by atoms with Gasteiger partial charge in [0, 0.05) is 11.1 Å². The molecule has 1 atom stereocenters. The van der Waals surface area contributed by atoms with Gasteiger partial charge >= 0.3 is 0 Å². The molecule has 112 valence electrons. The van der Waals surface area contributed by atoms with E-state index in [1.165, 1.54) is 0 Å². The summed E-state index contributed by atoms with van der Waals surface area (Å²) in [5.41, 5.74) is 2.49. The third-order valence-corrected chi connectivity index (χ3v) is 3.75. The Morgan fingerprint density at radius 3 is 2.95 bits per heavy atom. The maximum absolute atomic E-state index is 10.9. The van der Waals surface area contributed by atoms with E-state index < -0.39 is 5.76 Å². The molecule has 0 bridgehead atoms. The van der Waals surface area contributed by atoms with Crippen LogP contribution in [0.2, 0.25) is 0 Å². The lowest BCUT2D eigenvalue weighted by Gasteiger charge is -2.16. The first-order valence-electron chi connectivity index (χ1n) is 7.38. The van der Waals surface area contributed by atoms with Crippen LogP contribution in [0, 0.1) is 5.92 Å². The Kier molecular flexibility index (Phi) is 3.94. The van der Waals surface area contributed by atoms with Crippen LogP contribution in [0.1, 0.15) is 42.3 Å². The van der Waals surface area contributed by atoms with Crippen molar-refractivity contribution in [1.29, 1.82) is 0 Å². The monoisotopic (exact) mass is 295 g/mol. The van der Waals surface area contributed by atoms with Crippen LogP contribution in [0.5, 0.6) is 0 Å². The zero-order valence-corrected chi connectivity index (χ0v) is 12.4. The van der Waals surface area contributed by atoms with E-state index in [1.54, 1.807) is 12.0 Å². The second kappa shape index (κ2) is 6.04. The molecule has 1 aromatic rings. The van der Waals surface area contributed by atoms with Gasteiger partial charge in [-0.3, -0.25) is 0 Å². The van der Waals surface area contributed by atoms with E-state index in [0.717, 1.165) is 18.4 Å². The van der Waals surface area contributed by atoms with Crippen molar-refractivity contribution in [3.8, 4) is 0 Å². The number of allylic oxidation sites excluding steroid dienone is 3. The van der Waals surface area contributed by atoms with E-state index in [9.17, 15) is 9.90 Å². The second-order valence-electron chi connectivity index (χ2n) is 5.44. The highest BCUT2D eigenvalue weighted by Crippen LogP contribution is 2.29. The van der Waals surface area contributed by atoms with Crippen LogP contribution in [0.4, 0.5) is 0 Å².